The van der Waals surface area contributed by atoms with Gasteiger partial charge in [0.2, 0.25) is 5.75 Å². The van der Waals surface area contributed by atoms with Gasteiger partial charge in [0.05, 0.1) is 26.4 Å². The first-order valence-corrected chi connectivity index (χ1v) is 6.69. The molecule has 0 fully saturated rings. The molecule has 5 heteroatoms. The molecule has 0 aliphatic rings. The minimum Gasteiger partial charge on any atom is -0.493 e. The number of hydrogen-bond donors (Lipinski definition) is 1. The molecule has 0 radical (unpaired) electrons. The van der Waals surface area contributed by atoms with Gasteiger partial charge < -0.3 is 19.3 Å². The lowest BCUT2D eigenvalue weighted by Gasteiger charge is -2.18. The predicted molar refractivity (Wildman–Crippen MR) is 76.1 cm³/mol. The molecule has 1 rings (SSSR count). The van der Waals surface area contributed by atoms with Crippen molar-refractivity contribution < 1.29 is 24.1 Å². The van der Waals surface area contributed by atoms with E-state index in [0.29, 0.717) is 29.8 Å². The van der Waals surface area contributed by atoms with Crippen LogP contribution in [0.4, 0.5) is 0 Å². The van der Waals surface area contributed by atoms with E-state index >= 15 is 0 Å². The topological polar surface area (TPSA) is 65.0 Å². The van der Waals surface area contributed by atoms with Gasteiger partial charge in [0, 0.05) is 0 Å². The summed E-state index contributed by atoms with van der Waals surface area (Å²) in [6.07, 6.45) is 2.04. The molecule has 1 N–H and O–H groups in total. The van der Waals surface area contributed by atoms with E-state index in [-0.39, 0.29) is 5.56 Å². The van der Waals surface area contributed by atoms with Gasteiger partial charge in [-0.3, -0.25) is 0 Å². The quantitative estimate of drug-likeness (QED) is 0.793. The number of methoxy groups -OCH3 is 2. The van der Waals surface area contributed by atoms with E-state index in [1.54, 1.807) is 0 Å². The van der Waals surface area contributed by atoms with Gasteiger partial charge in [-0.05, 0) is 18.1 Å². The van der Waals surface area contributed by atoms with Crippen LogP contribution in [0, 0.1) is 5.92 Å². The first-order valence-electron chi connectivity index (χ1n) is 6.69. The summed E-state index contributed by atoms with van der Waals surface area (Å²) < 4.78 is 16.2. The molecule has 20 heavy (non-hydrogen) atoms. The molecular weight excluding hydrogens is 260 g/mol. The molecule has 0 amide bonds. The Labute approximate surface area is 119 Å². The molecule has 112 valence electrons. The van der Waals surface area contributed by atoms with Crippen molar-refractivity contribution >= 4 is 5.97 Å². The molecule has 0 saturated heterocycles. The average Bonchev–Trinajstić information content (AvgIpc) is 2.47. The third-order valence-electron chi connectivity index (χ3n) is 3.33. The summed E-state index contributed by atoms with van der Waals surface area (Å²) in [5.74, 6) is 0.601. The van der Waals surface area contributed by atoms with Crippen molar-refractivity contribution in [2.75, 3.05) is 20.8 Å². The Hall–Kier alpha value is -1.91. The molecule has 0 saturated carbocycles. The van der Waals surface area contributed by atoms with Gasteiger partial charge in [-0.25, -0.2) is 4.79 Å². The number of hydrogen-bond acceptors (Lipinski definition) is 4. The fourth-order valence-corrected chi connectivity index (χ4v) is 1.87. The zero-order chi connectivity index (χ0) is 15.1. The third kappa shape index (κ3) is 3.79. The number of rotatable bonds is 8. The van der Waals surface area contributed by atoms with Crippen molar-refractivity contribution in [3.8, 4) is 17.2 Å². The molecule has 0 unspecified atom stereocenters. The van der Waals surface area contributed by atoms with Gasteiger partial charge in [-0.2, -0.15) is 0 Å². The first kappa shape index (κ1) is 16.1. The lowest BCUT2D eigenvalue weighted by molar-refractivity contribution is 0.0696. The highest BCUT2D eigenvalue weighted by atomic mass is 16.5. The summed E-state index contributed by atoms with van der Waals surface area (Å²) in [6, 6.07) is 2.88. The highest BCUT2D eigenvalue weighted by Gasteiger charge is 2.18. The van der Waals surface area contributed by atoms with Crippen molar-refractivity contribution in [1.82, 2.24) is 0 Å². The van der Waals surface area contributed by atoms with Crippen LogP contribution < -0.4 is 14.2 Å². The minimum absolute atomic E-state index is 0.105. The Kier molecular flexibility index (Phi) is 6.15. The van der Waals surface area contributed by atoms with Crippen LogP contribution in [0.2, 0.25) is 0 Å². The number of benzene rings is 1. The summed E-state index contributed by atoms with van der Waals surface area (Å²) in [6.45, 7) is 4.77. The van der Waals surface area contributed by atoms with Crippen molar-refractivity contribution in [1.29, 1.82) is 0 Å². The van der Waals surface area contributed by atoms with Gasteiger partial charge in [0.1, 0.15) is 0 Å². The Morgan fingerprint density at radius 2 is 1.65 bits per heavy atom. The fourth-order valence-electron chi connectivity index (χ4n) is 1.87. The summed E-state index contributed by atoms with van der Waals surface area (Å²) >= 11 is 0. The standard InChI is InChI=1S/C15H22O5/c1-5-10(6-2)9-20-14-12(18-3)7-11(15(16)17)8-13(14)19-4/h7-8,10H,5-6,9H2,1-4H3,(H,16,17). The molecule has 1 aromatic carbocycles. The molecule has 0 aliphatic heterocycles. The van der Waals surface area contributed by atoms with E-state index < -0.39 is 5.97 Å². The SMILES string of the molecule is CCC(CC)COc1c(OC)cc(C(=O)O)cc1OC. The number of carbonyl (C=O) groups is 1. The van der Waals surface area contributed by atoms with Gasteiger partial charge >= 0.3 is 5.97 Å². The summed E-state index contributed by atoms with van der Waals surface area (Å²) in [5, 5.41) is 9.06. The molecule has 1 aromatic rings. The van der Waals surface area contributed by atoms with Gasteiger partial charge in [0.25, 0.3) is 0 Å². The summed E-state index contributed by atoms with van der Waals surface area (Å²) in [5.41, 5.74) is 0.105. The Morgan fingerprint density at radius 3 is 2.00 bits per heavy atom. The van der Waals surface area contributed by atoms with E-state index in [0.717, 1.165) is 12.8 Å². The molecule has 0 atom stereocenters. The minimum atomic E-state index is -1.03. The van der Waals surface area contributed by atoms with Gasteiger partial charge in [-0.1, -0.05) is 26.7 Å². The molecule has 0 heterocycles. The Bertz CT molecular complexity index is 427. The molecule has 0 aromatic heterocycles. The van der Waals surface area contributed by atoms with Crippen LogP contribution >= 0.6 is 0 Å². The molecule has 5 nitrogen and oxygen atoms in total. The lowest BCUT2D eigenvalue weighted by atomic mass is 10.1. The van der Waals surface area contributed by atoms with Crippen molar-refractivity contribution in [3.05, 3.63) is 17.7 Å². The van der Waals surface area contributed by atoms with Crippen LogP contribution in [-0.2, 0) is 0 Å². The maximum atomic E-state index is 11.1. The maximum absolute atomic E-state index is 11.1. The van der Waals surface area contributed by atoms with Gasteiger partial charge in [-0.15, -0.1) is 0 Å². The lowest BCUT2D eigenvalue weighted by Crippen LogP contribution is -2.11. The monoisotopic (exact) mass is 282 g/mol. The van der Waals surface area contributed by atoms with Crippen molar-refractivity contribution in [2.45, 2.75) is 26.7 Å². The maximum Gasteiger partial charge on any atom is 0.335 e. The highest BCUT2D eigenvalue weighted by Crippen LogP contribution is 2.39. The molecule has 0 bridgehead atoms. The second kappa shape index (κ2) is 7.62. The van der Waals surface area contributed by atoms with E-state index in [1.165, 1.54) is 26.4 Å². The van der Waals surface area contributed by atoms with Gasteiger partial charge in [0.15, 0.2) is 11.5 Å². The predicted octanol–water partition coefficient (Wildman–Crippen LogP) is 3.22. The van der Waals surface area contributed by atoms with Crippen LogP contribution in [0.15, 0.2) is 12.1 Å². The van der Waals surface area contributed by atoms with Crippen molar-refractivity contribution in [2.24, 2.45) is 5.92 Å². The smallest absolute Gasteiger partial charge is 0.335 e. The van der Waals surface area contributed by atoms with E-state index in [1.807, 2.05) is 0 Å². The van der Waals surface area contributed by atoms with Crippen LogP contribution in [0.25, 0.3) is 0 Å². The van der Waals surface area contributed by atoms with Crippen LogP contribution in [0.1, 0.15) is 37.0 Å². The zero-order valence-corrected chi connectivity index (χ0v) is 12.4. The van der Waals surface area contributed by atoms with Crippen LogP contribution in [0.3, 0.4) is 0 Å². The largest absolute Gasteiger partial charge is 0.493 e. The second-order valence-electron chi connectivity index (χ2n) is 4.51. The Balaban J connectivity index is 3.07. The number of ether oxygens (including phenoxy) is 3. The fraction of sp³-hybridized carbons (Fsp3) is 0.533. The average molecular weight is 282 g/mol. The van der Waals surface area contributed by atoms with Crippen LogP contribution in [-0.4, -0.2) is 31.9 Å². The Morgan fingerprint density at radius 1 is 1.15 bits per heavy atom. The number of carboxylic acid groups (broad SMARTS) is 1. The molecule has 0 spiro atoms. The van der Waals surface area contributed by atoms with Crippen LogP contribution in [0.5, 0.6) is 17.2 Å². The van der Waals surface area contributed by atoms with E-state index in [2.05, 4.69) is 13.8 Å². The second-order valence-corrected chi connectivity index (χ2v) is 4.51. The zero-order valence-electron chi connectivity index (χ0n) is 12.4. The summed E-state index contributed by atoms with van der Waals surface area (Å²) in [7, 11) is 2.95. The highest BCUT2D eigenvalue weighted by molar-refractivity contribution is 5.89. The number of carboxylic acids is 1. The summed E-state index contributed by atoms with van der Waals surface area (Å²) in [4.78, 5) is 11.1. The van der Waals surface area contributed by atoms with Crippen molar-refractivity contribution in [3.63, 3.8) is 0 Å². The normalized spacial score (nSPS) is 10.4. The number of aromatic carboxylic acids is 1. The molecular formula is C15H22O5. The molecule has 0 aliphatic carbocycles. The van der Waals surface area contributed by atoms with E-state index in [4.69, 9.17) is 19.3 Å². The van der Waals surface area contributed by atoms with E-state index in [9.17, 15) is 4.79 Å². The third-order valence-corrected chi connectivity index (χ3v) is 3.33. The first-order chi connectivity index (χ1) is 9.57.